The zero-order valence-electron chi connectivity index (χ0n) is 9.90. The van der Waals surface area contributed by atoms with Crippen LogP contribution in [0.4, 0.5) is 4.39 Å². The summed E-state index contributed by atoms with van der Waals surface area (Å²) in [6.45, 7) is 2.31. The fourth-order valence-electron chi connectivity index (χ4n) is 1.56. The molecule has 0 aliphatic heterocycles. The first-order valence-electron chi connectivity index (χ1n) is 5.29. The largest absolute Gasteiger partial charge is 0.491 e. The lowest BCUT2D eigenvalue weighted by Crippen LogP contribution is -2.21. The minimum absolute atomic E-state index is 0.119. The van der Waals surface area contributed by atoms with Gasteiger partial charge < -0.3 is 9.64 Å². The molecule has 0 radical (unpaired) electrons. The van der Waals surface area contributed by atoms with Gasteiger partial charge in [0.2, 0.25) is 0 Å². The topological polar surface area (TPSA) is 12.5 Å². The van der Waals surface area contributed by atoms with Crippen LogP contribution in [-0.4, -0.2) is 31.4 Å². The van der Waals surface area contributed by atoms with Gasteiger partial charge in [0.1, 0.15) is 0 Å². The third kappa shape index (κ3) is 3.12. The van der Waals surface area contributed by atoms with Crippen LogP contribution in [0.3, 0.4) is 0 Å². The maximum absolute atomic E-state index is 13.6. The van der Waals surface area contributed by atoms with Gasteiger partial charge in [0.05, 0.1) is 6.61 Å². The minimum atomic E-state index is -0.312. The van der Waals surface area contributed by atoms with Crippen LogP contribution in [0.2, 0.25) is 0 Å². The van der Waals surface area contributed by atoms with Gasteiger partial charge in [-0.2, -0.15) is 12.6 Å². The summed E-state index contributed by atoms with van der Waals surface area (Å²) < 4.78 is 18.8. The van der Waals surface area contributed by atoms with Crippen molar-refractivity contribution < 1.29 is 9.13 Å². The highest BCUT2D eigenvalue weighted by Crippen LogP contribution is 2.25. The number of ether oxygens (including phenoxy) is 1. The van der Waals surface area contributed by atoms with E-state index in [1.165, 1.54) is 6.07 Å². The molecule has 0 bridgehead atoms. The average Bonchev–Trinajstić information content (AvgIpc) is 2.22. The predicted octanol–water partition coefficient (Wildman–Crippen LogP) is 2.76. The maximum atomic E-state index is 13.6. The summed E-state index contributed by atoms with van der Waals surface area (Å²) in [7, 11) is 3.91. The molecular formula is C12H18FNOS. The van der Waals surface area contributed by atoms with Gasteiger partial charge in [0, 0.05) is 11.8 Å². The average molecular weight is 243 g/mol. The number of nitrogens with zero attached hydrogens (tertiary/aromatic N) is 1. The van der Waals surface area contributed by atoms with Crippen molar-refractivity contribution in [2.45, 2.75) is 13.0 Å². The van der Waals surface area contributed by atoms with Crippen LogP contribution < -0.4 is 4.74 Å². The summed E-state index contributed by atoms with van der Waals surface area (Å²) >= 11 is 4.27. The Kier molecular flexibility index (Phi) is 5.09. The molecule has 0 N–H and O–H groups in total. The standard InChI is InChI=1S/C12H18FNOS/c1-4-15-12-6-5-9(7-10(12)13)11(8-16)14(2)3/h5-7,11,16H,4,8H2,1-3H3. The number of rotatable bonds is 5. The van der Waals surface area contributed by atoms with E-state index in [-0.39, 0.29) is 11.9 Å². The summed E-state index contributed by atoms with van der Waals surface area (Å²) in [4.78, 5) is 2.02. The van der Waals surface area contributed by atoms with Gasteiger partial charge in [-0.3, -0.25) is 0 Å². The molecule has 0 fully saturated rings. The maximum Gasteiger partial charge on any atom is 0.165 e. The SMILES string of the molecule is CCOc1ccc(C(CS)N(C)C)cc1F. The Bertz CT molecular complexity index is 344. The Morgan fingerprint density at radius 1 is 1.44 bits per heavy atom. The highest BCUT2D eigenvalue weighted by molar-refractivity contribution is 7.80. The van der Waals surface area contributed by atoms with E-state index in [0.29, 0.717) is 18.1 Å². The Morgan fingerprint density at radius 2 is 2.12 bits per heavy atom. The van der Waals surface area contributed by atoms with Crippen LogP contribution in [0.1, 0.15) is 18.5 Å². The minimum Gasteiger partial charge on any atom is -0.491 e. The molecule has 0 aromatic heterocycles. The third-order valence-corrected chi connectivity index (χ3v) is 2.78. The number of benzene rings is 1. The lowest BCUT2D eigenvalue weighted by Gasteiger charge is -2.23. The van der Waals surface area contributed by atoms with Crippen molar-refractivity contribution in [3.8, 4) is 5.75 Å². The first-order valence-corrected chi connectivity index (χ1v) is 5.93. The second-order valence-corrected chi connectivity index (χ2v) is 4.15. The third-order valence-electron chi connectivity index (χ3n) is 2.44. The second kappa shape index (κ2) is 6.11. The quantitative estimate of drug-likeness (QED) is 0.798. The van der Waals surface area contributed by atoms with Crippen molar-refractivity contribution >= 4 is 12.6 Å². The summed E-state index contributed by atoms with van der Waals surface area (Å²) in [6.07, 6.45) is 0. The lowest BCUT2D eigenvalue weighted by atomic mass is 10.1. The van der Waals surface area contributed by atoms with Gasteiger partial charge in [0.15, 0.2) is 11.6 Å². The molecule has 0 amide bonds. The van der Waals surface area contributed by atoms with Crippen LogP contribution in [0.5, 0.6) is 5.75 Å². The first-order chi connectivity index (χ1) is 7.60. The van der Waals surface area contributed by atoms with E-state index in [4.69, 9.17) is 4.74 Å². The molecule has 0 aliphatic carbocycles. The van der Waals surface area contributed by atoms with Gasteiger partial charge in [-0.15, -0.1) is 0 Å². The van der Waals surface area contributed by atoms with Crippen molar-refractivity contribution in [2.75, 3.05) is 26.5 Å². The zero-order chi connectivity index (χ0) is 12.1. The van der Waals surface area contributed by atoms with Gasteiger partial charge in [-0.1, -0.05) is 6.07 Å². The molecule has 1 unspecified atom stereocenters. The Balaban J connectivity index is 2.95. The molecule has 1 atom stereocenters. The number of hydrogen-bond acceptors (Lipinski definition) is 3. The van der Waals surface area contributed by atoms with Crippen molar-refractivity contribution in [3.63, 3.8) is 0 Å². The zero-order valence-corrected chi connectivity index (χ0v) is 10.8. The molecule has 0 saturated carbocycles. The van der Waals surface area contributed by atoms with Crippen LogP contribution in [0, 0.1) is 5.82 Å². The molecule has 2 nitrogen and oxygen atoms in total. The van der Waals surface area contributed by atoms with Crippen molar-refractivity contribution in [1.29, 1.82) is 0 Å². The lowest BCUT2D eigenvalue weighted by molar-refractivity contribution is 0.314. The Hall–Kier alpha value is -0.740. The highest BCUT2D eigenvalue weighted by atomic mass is 32.1. The molecule has 1 aromatic rings. The van der Waals surface area contributed by atoms with Gasteiger partial charge in [-0.25, -0.2) is 4.39 Å². The normalized spacial score (nSPS) is 12.9. The summed E-state index contributed by atoms with van der Waals surface area (Å²) in [6, 6.07) is 5.20. The Labute approximate surface area is 102 Å². The van der Waals surface area contributed by atoms with Crippen LogP contribution in [-0.2, 0) is 0 Å². The smallest absolute Gasteiger partial charge is 0.165 e. The predicted molar refractivity (Wildman–Crippen MR) is 67.9 cm³/mol. The van der Waals surface area contributed by atoms with Crippen molar-refractivity contribution in [2.24, 2.45) is 0 Å². The molecule has 1 rings (SSSR count). The molecule has 90 valence electrons. The number of hydrogen-bond donors (Lipinski definition) is 1. The second-order valence-electron chi connectivity index (χ2n) is 3.78. The van der Waals surface area contributed by atoms with Gasteiger partial charge >= 0.3 is 0 Å². The first kappa shape index (κ1) is 13.3. The van der Waals surface area contributed by atoms with E-state index >= 15 is 0 Å². The summed E-state index contributed by atoms with van der Waals surface area (Å²) in [5, 5.41) is 0. The molecule has 4 heteroatoms. The highest BCUT2D eigenvalue weighted by Gasteiger charge is 2.14. The molecule has 0 heterocycles. The monoisotopic (exact) mass is 243 g/mol. The van der Waals surface area contributed by atoms with E-state index < -0.39 is 0 Å². The van der Waals surface area contributed by atoms with Gasteiger partial charge in [-0.05, 0) is 38.7 Å². The molecule has 0 aliphatic rings. The van der Waals surface area contributed by atoms with Gasteiger partial charge in [0.25, 0.3) is 0 Å². The number of halogens is 1. The molecular weight excluding hydrogens is 225 g/mol. The Morgan fingerprint density at radius 3 is 2.56 bits per heavy atom. The summed E-state index contributed by atoms with van der Waals surface area (Å²) in [5.74, 6) is 0.649. The van der Waals surface area contributed by atoms with Crippen LogP contribution in [0.25, 0.3) is 0 Å². The van der Waals surface area contributed by atoms with Crippen LogP contribution >= 0.6 is 12.6 Å². The van der Waals surface area contributed by atoms with Crippen LogP contribution in [0.15, 0.2) is 18.2 Å². The summed E-state index contributed by atoms with van der Waals surface area (Å²) in [5.41, 5.74) is 0.918. The molecule has 1 aromatic carbocycles. The number of thiol groups is 1. The molecule has 0 saturated heterocycles. The molecule has 0 spiro atoms. The van der Waals surface area contributed by atoms with E-state index in [2.05, 4.69) is 12.6 Å². The van der Waals surface area contributed by atoms with E-state index in [9.17, 15) is 4.39 Å². The fraction of sp³-hybridized carbons (Fsp3) is 0.500. The van der Waals surface area contributed by atoms with E-state index in [0.717, 1.165) is 5.56 Å². The van der Waals surface area contributed by atoms with E-state index in [1.807, 2.05) is 32.0 Å². The van der Waals surface area contributed by atoms with Crippen molar-refractivity contribution in [3.05, 3.63) is 29.6 Å². The van der Waals surface area contributed by atoms with E-state index in [1.54, 1.807) is 6.07 Å². The fourth-order valence-corrected chi connectivity index (χ4v) is 2.10. The van der Waals surface area contributed by atoms with Crippen molar-refractivity contribution in [1.82, 2.24) is 4.90 Å². The molecule has 16 heavy (non-hydrogen) atoms.